The van der Waals surface area contributed by atoms with E-state index in [1.807, 2.05) is 0 Å². The molecule has 19 heavy (non-hydrogen) atoms. The van der Waals surface area contributed by atoms with Crippen LogP contribution >= 0.6 is 7.82 Å². The summed E-state index contributed by atoms with van der Waals surface area (Å²) in [6.07, 6.45) is -0.230. The van der Waals surface area contributed by atoms with Crippen LogP contribution in [-0.2, 0) is 14.0 Å². The van der Waals surface area contributed by atoms with Gasteiger partial charge in [0, 0.05) is 0 Å². The van der Waals surface area contributed by atoms with Crippen LogP contribution in [0, 0.1) is 0 Å². The van der Waals surface area contributed by atoms with E-state index in [2.05, 4.69) is 9.78 Å². The van der Waals surface area contributed by atoms with Gasteiger partial charge in [-0.05, 0) is 31.1 Å². The number of anilines is 1. The zero-order valence-electron chi connectivity index (χ0n) is 10.5. The maximum atomic E-state index is 10.9. The Hall–Kier alpha value is -1.60. The molecular weight excluding hydrogens is 273 g/mol. The molecule has 1 aromatic carbocycles. The lowest BCUT2D eigenvalue weighted by Crippen LogP contribution is -2.37. The second kappa shape index (κ2) is 6.53. The van der Waals surface area contributed by atoms with Crippen molar-refractivity contribution in [3.63, 3.8) is 0 Å². The van der Waals surface area contributed by atoms with Gasteiger partial charge in [-0.1, -0.05) is 18.2 Å². The summed E-state index contributed by atoms with van der Waals surface area (Å²) >= 11 is 0. The van der Waals surface area contributed by atoms with Crippen LogP contribution in [0.2, 0.25) is 0 Å². The number of phosphoric acid groups is 1. The molecule has 0 atom stereocenters. The van der Waals surface area contributed by atoms with Gasteiger partial charge < -0.3 is 20.4 Å². The van der Waals surface area contributed by atoms with Gasteiger partial charge in [-0.3, -0.25) is 0 Å². The van der Waals surface area contributed by atoms with Crippen LogP contribution < -0.4 is 10.8 Å². The van der Waals surface area contributed by atoms with E-state index in [9.17, 15) is 4.57 Å². The highest BCUT2D eigenvalue weighted by Crippen LogP contribution is 2.38. The fourth-order valence-electron chi connectivity index (χ4n) is 1.09. The second-order valence-electron chi connectivity index (χ2n) is 3.81. The average Bonchev–Trinajstić information content (AvgIpc) is 2.33. The van der Waals surface area contributed by atoms with Crippen LogP contribution in [0.5, 0.6) is 0 Å². The van der Waals surface area contributed by atoms with E-state index in [0.717, 1.165) is 0 Å². The number of hydrogen-bond donors (Lipinski definition) is 3. The van der Waals surface area contributed by atoms with Crippen molar-refractivity contribution in [1.29, 1.82) is 0 Å². The van der Waals surface area contributed by atoms with Crippen LogP contribution in [0.4, 0.5) is 5.69 Å². The van der Waals surface area contributed by atoms with Gasteiger partial charge in [0.1, 0.15) is 6.10 Å². The molecule has 0 unspecified atom stereocenters. The molecule has 0 aromatic heterocycles. The molecule has 0 bridgehead atoms. The van der Waals surface area contributed by atoms with E-state index in [-0.39, 0.29) is 12.1 Å². The molecule has 8 nitrogen and oxygen atoms in total. The molecule has 0 saturated heterocycles. The van der Waals surface area contributed by atoms with Crippen molar-refractivity contribution in [1.82, 2.24) is 0 Å². The van der Waals surface area contributed by atoms with Crippen molar-refractivity contribution >= 4 is 19.5 Å². The molecule has 0 aliphatic rings. The van der Waals surface area contributed by atoms with Crippen molar-refractivity contribution in [2.24, 2.45) is 10.9 Å². The smallest absolute Gasteiger partial charge is 0.390 e. The molecule has 0 saturated carbocycles. The highest BCUT2D eigenvalue weighted by atomic mass is 31.2. The minimum Gasteiger partial charge on any atom is -0.390 e. The maximum Gasteiger partial charge on any atom is 0.491 e. The van der Waals surface area contributed by atoms with Gasteiger partial charge in [0.25, 0.3) is 5.96 Å². The lowest BCUT2D eigenvalue weighted by Gasteiger charge is -2.22. The average molecular weight is 289 g/mol. The van der Waals surface area contributed by atoms with Crippen LogP contribution in [0.1, 0.15) is 13.8 Å². The fraction of sp³-hybridized carbons (Fsp3) is 0.300. The first kappa shape index (κ1) is 15.5. The lowest BCUT2D eigenvalue weighted by atomic mass is 10.3. The first-order chi connectivity index (χ1) is 8.79. The van der Waals surface area contributed by atoms with Crippen LogP contribution in [0.3, 0.4) is 0 Å². The van der Waals surface area contributed by atoms with Crippen LogP contribution in [0.25, 0.3) is 0 Å². The Labute approximate surface area is 110 Å². The Balaban J connectivity index is 2.99. The van der Waals surface area contributed by atoms with Gasteiger partial charge in [0.15, 0.2) is 0 Å². The zero-order chi connectivity index (χ0) is 14.5. The molecule has 9 heteroatoms. The predicted molar refractivity (Wildman–Crippen MR) is 69.9 cm³/mol. The molecular formula is C10H16N3O5P. The summed E-state index contributed by atoms with van der Waals surface area (Å²) in [6, 6.07) is 8.14. The third kappa shape index (κ3) is 5.71. The molecule has 106 valence electrons. The fourth-order valence-corrected chi connectivity index (χ4v) is 1.48. The monoisotopic (exact) mass is 289 g/mol. The third-order valence-electron chi connectivity index (χ3n) is 1.74. The second-order valence-corrected chi connectivity index (χ2v) is 4.95. The minimum atomic E-state index is -4.78. The summed E-state index contributed by atoms with van der Waals surface area (Å²) in [7, 11) is -4.78. The Bertz CT molecular complexity index is 473. The topological polar surface area (TPSA) is 118 Å². The number of nitrogens with zero attached hydrogens (tertiary/aromatic N) is 2. The van der Waals surface area contributed by atoms with E-state index in [1.165, 1.54) is 0 Å². The number of hydrogen-bond acceptors (Lipinski definition) is 4. The number of rotatable bonds is 5. The summed E-state index contributed by atoms with van der Waals surface area (Å²) in [6.45, 7) is 3.46. The molecule has 0 fully saturated rings. The molecule has 1 rings (SSSR count). The van der Waals surface area contributed by atoms with Crippen molar-refractivity contribution in [3.8, 4) is 0 Å². The zero-order valence-corrected chi connectivity index (χ0v) is 11.4. The van der Waals surface area contributed by atoms with Gasteiger partial charge in [-0.2, -0.15) is 9.69 Å². The molecule has 0 heterocycles. The number of benzene rings is 1. The highest BCUT2D eigenvalue weighted by Gasteiger charge is 2.24. The summed E-state index contributed by atoms with van der Waals surface area (Å²) in [4.78, 5) is 22.7. The Morgan fingerprint density at radius 3 is 2.42 bits per heavy atom. The lowest BCUT2D eigenvalue weighted by molar-refractivity contribution is 0.0832. The summed E-state index contributed by atoms with van der Waals surface area (Å²) in [5, 5.41) is 4.25. The van der Waals surface area contributed by atoms with Crippen molar-refractivity contribution < 1.29 is 23.8 Å². The van der Waals surface area contributed by atoms with E-state index < -0.39 is 7.82 Å². The van der Waals surface area contributed by atoms with Crippen molar-refractivity contribution in [2.45, 2.75) is 20.0 Å². The van der Waals surface area contributed by atoms with E-state index in [1.54, 1.807) is 44.2 Å². The highest BCUT2D eigenvalue weighted by molar-refractivity contribution is 7.46. The van der Waals surface area contributed by atoms with E-state index in [0.29, 0.717) is 10.8 Å². The predicted octanol–water partition coefficient (Wildman–Crippen LogP) is 1.17. The molecule has 0 aliphatic carbocycles. The normalized spacial score (nSPS) is 12.6. The standard InChI is InChI=1S/C10H16N3O5P/c1-8(2)17-12-10(11)13(18-19(14,15)16)9-6-4-3-5-7-9/h3-8H,1-2H3,(H2,11,12)(H2,14,15,16). The quantitative estimate of drug-likeness (QED) is 0.322. The molecule has 0 aliphatic heterocycles. The summed E-state index contributed by atoms with van der Waals surface area (Å²) in [5.74, 6) is -0.330. The Morgan fingerprint density at radius 2 is 1.95 bits per heavy atom. The molecule has 4 N–H and O–H groups in total. The Morgan fingerprint density at radius 1 is 1.37 bits per heavy atom. The summed E-state index contributed by atoms with van der Waals surface area (Å²) in [5.41, 5.74) is 5.89. The van der Waals surface area contributed by atoms with E-state index in [4.69, 9.17) is 20.4 Å². The molecule has 0 radical (unpaired) electrons. The number of guanidine groups is 1. The number of hydroxylamine groups is 1. The van der Waals surface area contributed by atoms with Crippen LogP contribution in [-0.4, -0.2) is 21.9 Å². The first-order valence-corrected chi connectivity index (χ1v) is 6.92. The molecule has 0 amide bonds. The maximum absolute atomic E-state index is 10.9. The molecule has 1 aromatic rings. The minimum absolute atomic E-state index is 0.230. The number of nitrogens with two attached hydrogens (primary N) is 1. The van der Waals surface area contributed by atoms with Crippen molar-refractivity contribution in [3.05, 3.63) is 30.3 Å². The third-order valence-corrected chi connectivity index (χ3v) is 2.12. The number of oxime groups is 1. The van der Waals surface area contributed by atoms with Gasteiger partial charge in [0.05, 0.1) is 5.69 Å². The van der Waals surface area contributed by atoms with E-state index >= 15 is 0 Å². The molecule has 0 spiro atoms. The SMILES string of the molecule is CC(C)ON=C(N)N(OP(=O)(O)O)c1ccccc1. The van der Waals surface area contributed by atoms with Crippen molar-refractivity contribution in [2.75, 3.05) is 5.06 Å². The Kier molecular flexibility index (Phi) is 5.31. The summed E-state index contributed by atoms with van der Waals surface area (Å²) < 4.78 is 15.4. The van der Waals surface area contributed by atoms with Gasteiger partial charge in [-0.15, -0.1) is 0 Å². The van der Waals surface area contributed by atoms with Crippen LogP contribution in [0.15, 0.2) is 35.5 Å². The first-order valence-electron chi connectivity index (χ1n) is 5.39. The largest absolute Gasteiger partial charge is 0.491 e. The van der Waals surface area contributed by atoms with Gasteiger partial charge in [0.2, 0.25) is 0 Å². The van der Waals surface area contributed by atoms with Gasteiger partial charge >= 0.3 is 7.82 Å². The van der Waals surface area contributed by atoms with Gasteiger partial charge in [-0.25, -0.2) is 4.57 Å². The number of para-hydroxylation sites is 1.